The van der Waals surface area contributed by atoms with E-state index in [4.69, 9.17) is 14.2 Å². The van der Waals surface area contributed by atoms with Gasteiger partial charge in [-0.05, 0) is 6.07 Å². The summed E-state index contributed by atoms with van der Waals surface area (Å²) in [5, 5.41) is 9.78. The second-order valence-electron chi connectivity index (χ2n) is 3.37. The maximum atomic E-state index is 11.3. The van der Waals surface area contributed by atoms with E-state index in [1.54, 1.807) is 6.07 Å². The minimum Gasteiger partial charge on any atom is -0.496 e. The molecule has 1 unspecified atom stereocenters. The van der Waals surface area contributed by atoms with Crippen molar-refractivity contribution in [2.45, 2.75) is 6.10 Å². The zero-order valence-electron chi connectivity index (χ0n) is 9.43. The number of methoxy groups -OCH3 is 2. The SMILES string of the molecule is COC(=O)C(O)c1cc2c(cc1OC)OCO2. The van der Waals surface area contributed by atoms with E-state index in [0.29, 0.717) is 17.2 Å². The molecule has 0 amide bonds. The van der Waals surface area contributed by atoms with Crippen molar-refractivity contribution >= 4 is 5.97 Å². The van der Waals surface area contributed by atoms with Crippen molar-refractivity contribution in [3.63, 3.8) is 0 Å². The summed E-state index contributed by atoms with van der Waals surface area (Å²) < 4.78 is 19.9. The van der Waals surface area contributed by atoms with Crippen molar-refractivity contribution in [3.05, 3.63) is 17.7 Å². The first kappa shape index (κ1) is 11.5. The molecule has 1 aliphatic rings. The molecule has 1 aromatic carbocycles. The number of hydrogen-bond donors (Lipinski definition) is 1. The van der Waals surface area contributed by atoms with Gasteiger partial charge in [0.25, 0.3) is 0 Å². The topological polar surface area (TPSA) is 74.2 Å². The summed E-state index contributed by atoms with van der Waals surface area (Å²) in [5.41, 5.74) is 0.281. The van der Waals surface area contributed by atoms with Gasteiger partial charge < -0.3 is 24.1 Å². The predicted octanol–water partition coefficient (Wildman–Crippen LogP) is 0.630. The van der Waals surface area contributed by atoms with Crippen LogP contribution in [0.4, 0.5) is 0 Å². The van der Waals surface area contributed by atoms with Crippen molar-refractivity contribution in [1.82, 2.24) is 0 Å². The summed E-state index contributed by atoms with van der Waals surface area (Å²) in [5.74, 6) is 0.556. The van der Waals surface area contributed by atoms with E-state index >= 15 is 0 Å². The van der Waals surface area contributed by atoms with E-state index in [0.717, 1.165) is 0 Å². The number of carbonyl (C=O) groups is 1. The highest BCUT2D eigenvalue weighted by molar-refractivity contribution is 5.77. The molecule has 2 rings (SSSR count). The molecule has 0 radical (unpaired) electrons. The van der Waals surface area contributed by atoms with Crippen molar-refractivity contribution in [2.75, 3.05) is 21.0 Å². The Morgan fingerprint density at radius 3 is 2.59 bits per heavy atom. The number of fused-ring (bicyclic) bond motifs is 1. The molecule has 1 aliphatic heterocycles. The van der Waals surface area contributed by atoms with E-state index in [9.17, 15) is 9.90 Å². The quantitative estimate of drug-likeness (QED) is 0.781. The highest BCUT2D eigenvalue weighted by Crippen LogP contribution is 2.40. The van der Waals surface area contributed by atoms with Crippen LogP contribution in [0.2, 0.25) is 0 Å². The number of esters is 1. The Labute approximate surface area is 97.7 Å². The van der Waals surface area contributed by atoms with E-state index in [-0.39, 0.29) is 12.4 Å². The monoisotopic (exact) mass is 240 g/mol. The Morgan fingerprint density at radius 1 is 1.35 bits per heavy atom. The third-order valence-electron chi connectivity index (χ3n) is 2.44. The lowest BCUT2D eigenvalue weighted by Gasteiger charge is -2.13. The Balaban J connectivity index is 2.42. The third-order valence-corrected chi connectivity index (χ3v) is 2.44. The van der Waals surface area contributed by atoms with Crippen LogP contribution in [0.25, 0.3) is 0 Å². The molecule has 0 aromatic heterocycles. The molecule has 1 aromatic rings. The molecule has 0 saturated heterocycles. The lowest BCUT2D eigenvalue weighted by atomic mass is 10.1. The number of carbonyl (C=O) groups excluding carboxylic acids is 1. The minimum absolute atomic E-state index is 0.107. The molecule has 1 heterocycles. The molecule has 0 aliphatic carbocycles. The van der Waals surface area contributed by atoms with E-state index < -0.39 is 12.1 Å². The largest absolute Gasteiger partial charge is 0.496 e. The molecule has 6 nitrogen and oxygen atoms in total. The summed E-state index contributed by atoms with van der Waals surface area (Å²) in [7, 11) is 2.63. The molecule has 1 N–H and O–H groups in total. The first-order chi connectivity index (χ1) is 8.17. The molecule has 1 atom stereocenters. The maximum Gasteiger partial charge on any atom is 0.339 e. The number of aliphatic hydroxyl groups excluding tert-OH is 1. The van der Waals surface area contributed by atoms with Gasteiger partial charge in [-0.15, -0.1) is 0 Å². The van der Waals surface area contributed by atoms with Gasteiger partial charge >= 0.3 is 5.97 Å². The van der Waals surface area contributed by atoms with Crippen LogP contribution in [-0.4, -0.2) is 32.1 Å². The van der Waals surface area contributed by atoms with Gasteiger partial charge in [-0.3, -0.25) is 0 Å². The number of rotatable bonds is 3. The van der Waals surface area contributed by atoms with E-state index in [1.807, 2.05) is 0 Å². The van der Waals surface area contributed by atoms with Crippen molar-refractivity contribution in [3.8, 4) is 17.2 Å². The highest BCUT2D eigenvalue weighted by atomic mass is 16.7. The van der Waals surface area contributed by atoms with Gasteiger partial charge in [-0.2, -0.15) is 0 Å². The standard InChI is InChI=1S/C11H12O6/c1-14-7-4-9-8(16-5-17-9)3-6(7)10(12)11(13)15-2/h3-4,10,12H,5H2,1-2H3. The van der Waals surface area contributed by atoms with Crippen LogP contribution < -0.4 is 14.2 Å². The van der Waals surface area contributed by atoms with Crippen LogP contribution in [0.15, 0.2) is 12.1 Å². The molecule has 92 valence electrons. The first-order valence-electron chi connectivity index (χ1n) is 4.90. The zero-order chi connectivity index (χ0) is 12.4. The van der Waals surface area contributed by atoms with Gasteiger partial charge in [0.1, 0.15) is 5.75 Å². The van der Waals surface area contributed by atoms with Crippen LogP contribution in [0.3, 0.4) is 0 Å². The summed E-state index contributed by atoms with van der Waals surface area (Å²) in [6, 6.07) is 3.06. The summed E-state index contributed by atoms with van der Waals surface area (Å²) >= 11 is 0. The van der Waals surface area contributed by atoms with Gasteiger partial charge in [-0.25, -0.2) is 4.79 Å². The molecule has 0 saturated carbocycles. The van der Waals surface area contributed by atoms with Gasteiger partial charge in [0.15, 0.2) is 17.6 Å². The molecular formula is C11H12O6. The lowest BCUT2D eigenvalue weighted by molar-refractivity contribution is -0.150. The fourth-order valence-corrected chi connectivity index (χ4v) is 1.57. The fourth-order valence-electron chi connectivity index (χ4n) is 1.57. The van der Waals surface area contributed by atoms with Crippen LogP contribution in [0, 0.1) is 0 Å². The second-order valence-corrected chi connectivity index (χ2v) is 3.37. The highest BCUT2D eigenvalue weighted by Gasteiger charge is 2.26. The van der Waals surface area contributed by atoms with Crippen LogP contribution >= 0.6 is 0 Å². The summed E-state index contributed by atoms with van der Waals surface area (Å²) in [4.78, 5) is 11.3. The van der Waals surface area contributed by atoms with Gasteiger partial charge in [0.05, 0.1) is 14.2 Å². The van der Waals surface area contributed by atoms with Crippen LogP contribution in [0.1, 0.15) is 11.7 Å². The van der Waals surface area contributed by atoms with E-state index in [1.165, 1.54) is 20.3 Å². The normalized spacial score (nSPS) is 14.3. The maximum absolute atomic E-state index is 11.3. The van der Waals surface area contributed by atoms with Crippen molar-refractivity contribution < 1.29 is 28.8 Å². The Bertz CT molecular complexity index is 442. The Kier molecular flexibility index (Phi) is 3.06. The average molecular weight is 240 g/mol. The van der Waals surface area contributed by atoms with Crippen molar-refractivity contribution in [2.24, 2.45) is 0 Å². The lowest BCUT2D eigenvalue weighted by Crippen LogP contribution is -2.14. The van der Waals surface area contributed by atoms with Gasteiger partial charge in [-0.1, -0.05) is 0 Å². The molecule has 6 heteroatoms. The zero-order valence-corrected chi connectivity index (χ0v) is 9.43. The molecular weight excluding hydrogens is 228 g/mol. The molecule has 0 bridgehead atoms. The minimum atomic E-state index is -1.41. The molecule has 0 fully saturated rings. The second kappa shape index (κ2) is 4.50. The molecule has 0 spiro atoms. The third kappa shape index (κ3) is 1.99. The Hall–Kier alpha value is -1.95. The summed E-state index contributed by atoms with van der Waals surface area (Å²) in [6.07, 6.45) is -1.41. The Morgan fingerprint density at radius 2 is 2.00 bits per heavy atom. The number of benzene rings is 1. The van der Waals surface area contributed by atoms with Crippen LogP contribution in [-0.2, 0) is 9.53 Å². The first-order valence-corrected chi connectivity index (χ1v) is 4.90. The van der Waals surface area contributed by atoms with Gasteiger partial charge in [0.2, 0.25) is 6.79 Å². The van der Waals surface area contributed by atoms with Crippen LogP contribution in [0.5, 0.6) is 17.2 Å². The average Bonchev–Trinajstić information content (AvgIpc) is 2.82. The smallest absolute Gasteiger partial charge is 0.339 e. The van der Waals surface area contributed by atoms with Gasteiger partial charge in [0, 0.05) is 11.6 Å². The predicted molar refractivity (Wildman–Crippen MR) is 56.1 cm³/mol. The number of hydrogen-bond acceptors (Lipinski definition) is 6. The fraction of sp³-hybridized carbons (Fsp3) is 0.364. The molecule has 17 heavy (non-hydrogen) atoms. The number of ether oxygens (including phenoxy) is 4. The summed E-state index contributed by atoms with van der Waals surface area (Å²) in [6.45, 7) is 0.107. The van der Waals surface area contributed by atoms with Crippen molar-refractivity contribution in [1.29, 1.82) is 0 Å². The number of aliphatic hydroxyl groups is 1. The van der Waals surface area contributed by atoms with E-state index in [2.05, 4.69) is 4.74 Å².